The number of nitrogens with zero attached hydrogens (tertiary/aromatic N) is 2. The number of anilines is 2. The van der Waals surface area contributed by atoms with Gasteiger partial charge in [-0.2, -0.15) is 13.2 Å². The minimum atomic E-state index is -4.67. The SMILES string of the molecule is NC(=O)CCCC(=O)N(O)Cc1cc(Oc2ccc(NC(=O)Nc3ccc(Cl)c(C(F)(F)F)c3)cc2)ccn1. The molecule has 206 valence electrons. The first-order valence-electron chi connectivity index (χ1n) is 11.4. The van der Waals surface area contributed by atoms with Crippen molar-refractivity contribution in [2.75, 3.05) is 10.6 Å². The number of carbonyl (C=O) groups excluding carboxylic acids is 3. The Kier molecular flexibility index (Phi) is 9.68. The maximum atomic E-state index is 13.0. The zero-order valence-electron chi connectivity index (χ0n) is 20.2. The maximum Gasteiger partial charge on any atom is 0.417 e. The monoisotopic (exact) mass is 565 g/mol. The van der Waals surface area contributed by atoms with Crippen LogP contribution in [0.1, 0.15) is 30.5 Å². The first kappa shape index (κ1) is 29.2. The Bertz CT molecular complexity index is 1340. The van der Waals surface area contributed by atoms with E-state index in [4.69, 9.17) is 22.1 Å². The molecule has 4 amide bonds. The molecular formula is C25H23ClF3N5O5. The Balaban J connectivity index is 1.54. The number of carbonyl (C=O) groups is 3. The summed E-state index contributed by atoms with van der Waals surface area (Å²) >= 11 is 5.59. The Hall–Kier alpha value is -4.36. The summed E-state index contributed by atoms with van der Waals surface area (Å²) in [5.74, 6) is -0.384. The minimum Gasteiger partial charge on any atom is -0.457 e. The lowest BCUT2D eigenvalue weighted by Crippen LogP contribution is -2.27. The second-order valence-electron chi connectivity index (χ2n) is 8.15. The van der Waals surface area contributed by atoms with Crippen LogP contribution >= 0.6 is 11.6 Å². The van der Waals surface area contributed by atoms with E-state index in [0.29, 0.717) is 27.9 Å². The van der Waals surface area contributed by atoms with Crippen molar-refractivity contribution in [2.45, 2.75) is 32.0 Å². The standard InChI is InChI=1S/C25H23ClF3N5O5/c26-21-9-6-16(13-20(21)25(27,28)29)33-24(37)32-15-4-7-18(8-5-15)39-19-10-11-31-17(12-19)14-34(38)23(36)3-1-2-22(30)35/h4-13,38H,1-3,14H2,(H2,30,35)(H2,32,33,37). The molecule has 0 aliphatic heterocycles. The summed E-state index contributed by atoms with van der Waals surface area (Å²) in [6.45, 7) is -0.206. The molecule has 0 spiro atoms. The molecule has 0 aliphatic rings. The van der Waals surface area contributed by atoms with Gasteiger partial charge in [-0.25, -0.2) is 9.86 Å². The zero-order chi connectivity index (χ0) is 28.6. The number of nitrogens with two attached hydrogens (primary N) is 1. The van der Waals surface area contributed by atoms with E-state index in [2.05, 4.69) is 15.6 Å². The summed E-state index contributed by atoms with van der Waals surface area (Å²) in [7, 11) is 0. The lowest BCUT2D eigenvalue weighted by molar-refractivity contribution is -0.168. The number of benzene rings is 2. The van der Waals surface area contributed by atoms with E-state index in [1.54, 1.807) is 18.2 Å². The number of ether oxygens (including phenoxy) is 1. The Morgan fingerprint density at radius 3 is 2.31 bits per heavy atom. The minimum absolute atomic E-state index is 0.0330. The van der Waals surface area contributed by atoms with Gasteiger partial charge in [0.25, 0.3) is 0 Å². The Morgan fingerprint density at radius 1 is 0.974 bits per heavy atom. The highest BCUT2D eigenvalue weighted by molar-refractivity contribution is 6.31. The third kappa shape index (κ3) is 9.16. The number of hydrogen-bond acceptors (Lipinski definition) is 6. The van der Waals surface area contributed by atoms with Gasteiger partial charge in [-0.1, -0.05) is 11.6 Å². The second-order valence-corrected chi connectivity index (χ2v) is 8.56. The molecule has 0 aliphatic carbocycles. The van der Waals surface area contributed by atoms with Gasteiger partial charge in [0.15, 0.2) is 0 Å². The molecule has 10 nitrogen and oxygen atoms in total. The highest BCUT2D eigenvalue weighted by atomic mass is 35.5. The van der Waals surface area contributed by atoms with Crippen LogP contribution in [0.3, 0.4) is 0 Å². The average Bonchev–Trinajstić information content (AvgIpc) is 2.85. The number of halogens is 4. The summed E-state index contributed by atoms with van der Waals surface area (Å²) in [4.78, 5) is 39.0. The van der Waals surface area contributed by atoms with Crippen LogP contribution in [0.5, 0.6) is 11.5 Å². The van der Waals surface area contributed by atoms with Crippen molar-refractivity contribution in [1.29, 1.82) is 0 Å². The quantitative estimate of drug-likeness (QED) is 0.187. The molecule has 0 fully saturated rings. The van der Waals surface area contributed by atoms with Crippen LogP contribution in [-0.2, 0) is 22.3 Å². The normalized spacial score (nSPS) is 11.0. The van der Waals surface area contributed by atoms with Crippen molar-refractivity contribution < 1.29 is 37.5 Å². The van der Waals surface area contributed by atoms with E-state index in [1.807, 2.05) is 0 Å². The molecule has 39 heavy (non-hydrogen) atoms. The molecule has 0 atom stereocenters. The summed E-state index contributed by atoms with van der Waals surface area (Å²) in [5, 5.41) is 14.8. The van der Waals surface area contributed by atoms with Crippen LogP contribution in [0.2, 0.25) is 5.02 Å². The highest BCUT2D eigenvalue weighted by Gasteiger charge is 2.33. The number of hydroxylamine groups is 2. The predicted octanol–water partition coefficient (Wildman–Crippen LogP) is 5.56. The van der Waals surface area contributed by atoms with Crippen molar-refractivity contribution in [3.63, 3.8) is 0 Å². The van der Waals surface area contributed by atoms with Crippen LogP contribution in [0.15, 0.2) is 60.8 Å². The van der Waals surface area contributed by atoms with Gasteiger partial charge in [0, 0.05) is 36.5 Å². The molecule has 3 rings (SSSR count). The number of urea groups is 1. The molecule has 3 aromatic rings. The fraction of sp³-hybridized carbons (Fsp3) is 0.200. The molecule has 14 heteroatoms. The van der Waals surface area contributed by atoms with Gasteiger partial charge in [0.2, 0.25) is 11.8 Å². The molecule has 2 aromatic carbocycles. The van der Waals surface area contributed by atoms with E-state index >= 15 is 0 Å². The number of alkyl halides is 3. The number of rotatable bonds is 10. The molecule has 0 saturated carbocycles. The van der Waals surface area contributed by atoms with Crippen LogP contribution in [0.4, 0.5) is 29.3 Å². The summed E-state index contributed by atoms with van der Waals surface area (Å²) in [6.07, 6.45) is -3.04. The van der Waals surface area contributed by atoms with Gasteiger partial charge in [0.05, 0.1) is 22.8 Å². The van der Waals surface area contributed by atoms with Crippen LogP contribution in [0.25, 0.3) is 0 Å². The first-order chi connectivity index (χ1) is 18.4. The molecule has 0 radical (unpaired) electrons. The van der Waals surface area contributed by atoms with Crippen molar-refractivity contribution in [3.05, 3.63) is 77.1 Å². The fourth-order valence-electron chi connectivity index (χ4n) is 3.25. The maximum absolute atomic E-state index is 13.0. The van der Waals surface area contributed by atoms with Gasteiger partial charge in [0.1, 0.15) is 11.5 Å². The number of nitrogens with one attached hydrogen (secondary N) is 2. The van der Waals surface area contributed by atoms with E-state index in [0.717, 1.165) is 12.1 Å². The van der Waals surface area contributed by atoms with Gasteiger partial charge in [-0.15, -0.1) is 0 Å². The van der Waals surface area contributed by atoms with Gasteiger partial charge in [-0.05, 0) is 55.0 Å². The van der Waals surface area contributed by atoms with E-state index < -0.39 is 34.6 Å². The average molecular weight is 566 g/mol. The summed E-state index contributed by atoms with van der Waals surface area (Å²) in [6, 6.07) is 11.4. The molecule has 0 unspecified atom stereocenters. The number of hydrogen-bond donors (Lipinski definition) is 4. The fourth-order valence-corrected chi connectivity index (χ4v) is 3.47. The third-order valence-electron chi connectivity index (χ3n) is 5.08. The highest BCUT2D eigenvalue weighted by Crippen LogP contribution is 2.36. The molecule has 5 N–H and O–H groups in total. The molecule has 0 saturated heterocycles. The lowest BCUT2D eigenvalue weighted by atomic mass is 10.2. The van der Waals surface area contributed by atoms with Crippen molar-refractivity contribution in [1.82, 2.24) is 10.0 Å². The van der Waals surface area contributed by atoms with Crippen LogP contribution in [-0.4, -0.2) is 33.1 Å². The summed E-state index contributed by atoms with van der Waals surface area (Å²) < 4.78 is 44.8. The first-order valence-corrected chi connectivity index (χ1v) is 11.7. The molecular weight excluding hydrogens is 543 g/mol. The predicted molar refractivity (Wildman–Crippen MR) is 135 cm³/mol. The van der Waals surface area contributed by atoms with E-state index in [-0.39, 0.29) is 31.5 Å². The molecule has 0 bridgehead atoms. The van der Waals surface area contributed by atoms with E-state index in [9.17, 15) is 32.8 Å². The number of aromatic nitrogens is 1. The van der Waals surface area contributed by atoms with Gasteiger partial charge < -0.3 is 21.1 Å². The van der Waals surface area contributed by atoms with Crippen LogP contribution < -0.4 is 21.1 Å². The second kappa shape index (κ2) is 12.9. The van der Waals surface area contributed by atoms with Gasteiger partial charge in [-0.3, -0.25) is 19.8 Å². The van der Waals surface area contributed by atoms with Crippen molar-refractivity contribution in [3.8, 4) is 11.5 Å². The smallest absolute Gasteiger partial charge is 0.417 e. The van der Waals surface area contributed by atoms with E-state index in [1.165, 1.54) is 30.5 Å². The van der Waals surface area contributed by atoms with Gasteiger partial charge >= 0.3 is 12.2 Å². The largest absolute Gasteiger partial charge is 0.457 e. The zero-order valence-corrected chi connectivity index (χ0v) is 20.9. The van der Waals surface area contributed by atoms with Crippen molar-refractivity contribution in [2.24, 2.45) is 5.73 Å². The Labute approximate surface area is 225 Å². The summed E-state index contributed by atoms with van der Waals surface area (Å²) in [5.41, 5.74) is 4.55. The third-order valence-corrected chi connectivity index (χ3v) is 5.41. The number of amides is 4. The Morgan fingerprint density at radius 2 is 1.64 bits per heavy atom. The molecule has 1 aromatic heterocycles. The van der Waals surface area contributed by atoms with Crippen molar-refractivity contribution >= 4 is 40.8 Å². The topological polar surface area (TPSA) is 147 Å². The number of primary amides is 1. The molecule has 1 heterocycles. The number of pyridine rings is 1. The lowest BCUT2D eigenvalue weighted by Gasteiger charge is -2.15. The van der Waals surface area contributed by atoms with Crippen LogP contribution in [0, 0.1) is 0 Å².